The fraction of sp³-hybridized carbons (Fsp3) is 0. The van der Waals surface area contributed by atoms with Crippen LogP contribution in [0.25, 0.3) is 21.5 Å². The Morgan fingerprint density at radius 1 is 0.824 bits per heavy atom. The van der Waals surface area contributed by atoms with Crippen molar-refractivity contribution in [1.29, 1.82) is 0 Å². The monoisotopic (exact) mass is 242 g/mol. The smallest absolute Gasteiger partial charge is 0.186 e. The average molecular weight is 242 g/mol. The Bertz CT molecular complexity index is 734. The molecular weight excluding hydrogens is 232 g/mol. The van der Waals surface area contributed by atoms with Gasteiger partial charge in [0.25, 0.3) is 0 Å². The second kappa shape index (κ2) is 3.95. The molecular formula is C14H10O2S. The number of fused-ring (bicyclic) bond motifs is 3. The first kappa shape index (κ1) is 10.4. The van der Waals surface area contributed by atoms with Gasteiger partial charge in [-0.2, -0.15) is 0 Å². The van der Waals surface area contributed by atoms with E-state index in [-0.39, 0.29) is 0 Å². The Hall–Kier alpha value is -1.71. The first-order valence-corrected chi connectivity index (χ1v) is 6.39. The number of rotatable bonds is 1. The molecule has 0 aliphatic rings. The van der Waals surface area contributed by atoms with Gasteiger partial charge in [-0.15, -0.1) is 0 Å². The second-order valence-electron chi connectivity index (χ2n) is 3.92. The topological polar surface area (TPSA) is 37.3 Å². The van der Waals surface area contributed by atoms with Crippen LogP contribution in [-0.4, -0.2) is 8.76 Å². The van der Waals surface area contributed by atoms with Crippen LogP contribution in [0, 0.1) is 0 Å². The molecule has 3 rings (SSSR count). The predicted octanol–water partition coefficient (Wildman–Crippen LogP) is 3.57. The Kier molecular flexibility index (Phi) is 2.42. The third-order valence-electron chi connectivity index (χ3n) is 2.92. The third kappa shape index (κ3) is 1.73. The lowest BCUT2D eigenvalue weighted by Crippen LogP contribution is -1.88. The molecule has 0 saturated heterocycles. The molecule has 84 valence electrons. The van der Waals surface area contributed by atoms with Crippen LogP contribution in [0.1, 0.15) is 0 Å². The molecule has 0 amide bonds. The van der Waals surface area contributed by atoms with E-state index < -0.39 is 11.1 Å². The van der Waals surface area contributed by atoms with E-state index in [4.69, 9.17) is 4.55 Å². The van der Waals surface area contributed by atoms with Gasteiger partial charge >= 0.3 is 0 Å². The van der Waals surface area contributed by atoms with Crippen LogP contribution in [0.3, 0.4) is 0 Å². The summed E-state index contributed by atoms with van der Waals surface area (Å²) < 4.78 is 20.1. The van der Waals surface area contributed by atoms with Crippen molar-refractivity contribution in [3.8, 4) is 0 Å². The highest BCUT2D eigenvalue weighted by Crippen LogP contribution is 2.26. The van der Waals surface area contributed by atoms with Gasteiger partial charge in [0.2, 0.25) is 0 Å². The van der Waals surface area contributed by atoms with E-state index in [0.29, 0.717) is 4.90 Å². The maximum Gasteiger partial charge on any atom is 0.186 e. The summed E-state index contributed by atoms with van der Waals surface area (Å²) in [5.41, 5.74) is 0. The molecule has 0 aromatic heterocycles. The van der Waals surface area contributed by atoms with E-state index in [2.05, 4.69) is 12.1 Å². The molecule has 2 nitrogen and oxygen atoms in total. The van der Waals surface area contributed by atoms with E-state index in [1.807, 2.05) is 30.3 Å². The Morgan fingerprint density at radius 2 is 1.53 bits per heavy atom. The van der Waals surface area contributed by atoms with Crippen LogP contribution in [0.2, 0.25) is 0 Å². The zero-order chi connectivity index (χ0) is 11.8. The molecule has 0 heterocycles. The summed E-state index contributed by atoms with van der Waals surface area (Å²) in [4.78, 5) is 0.438. The predicted molar refractivity (Wildman–Crippen MR) is 70.5 cm³/mol. The van der Waals surface area contributed by atoms with Crippen molar-refractivity contribution in [3.05, 3.63) is 54.6 Å². The minimum absolute atomic E-state index is 0.438. The first-order valence-electron chi connectivity index (χ1n) is 5.28. The summed E-state index contributed by atoms with van der Waals surface area (Å²) >= 11 is -1.92. The maximum atomic E-state index is 11.0. The zero-order valence-corrected chi connectivity index (χ0v) is 9.78. The van der Waals surface area contributed by atoms with Gasteiger partial charge in [-0.05, 0) is 33.7 Å². The van der Waals surface area contributed by atoms with Crippen LogP contribution in [0.15, 0.2) is 59.5 Å². The van der Waals surface area contributed by atoms with Gasteiger partial charge in [0.1, 0.15) is 0 Å². The van der Waals surface area contributed by atoms with Crippen LogP contribution in [0.4, 0.5) is 0 Å². The van der Waals surface area contributed by atoms with Crippen LogP contribution in [0.5, 0.6) is 0 Å². The SMILES string of the molecule is O=S(O)c1ccc2c(ccc3ccccc32)c1. The zero-order valence-electron chi connectivity index (χ0n) is 8.96. The number of hydrogen-bond acceptors (Lipinski definition) is 1. The highest BCUT2D eigenvalue weighted by Gasteiger charge is 2.03. The van der Waals surface area contributed by atoms with Gasteiger partial charge in [-0.1, -0.05) is 42.5 Å². The van der Waals surface area contributed by atoms with Crippen molar-refractivity contribution in [3.63, 3.8) is 0 Å². The summed E-state index contributed by atoms with van der Waals surface area (Å²) in [5, 5.41) is 4.44. The van der Waals surface area contributed by atoms with Crippen molar-refractivity contribution < 1.29 is 8.76 Å². The molecule has 0 saturated carbocycles. The standard InChI is InChI=1S/C14H10O2S/c15-17(16)12-7-8-14-11(9-12)6-5-10-3-1-2-4-13(10)14/h1-9H,(H,15,16). The second-order valence-corrected chi connectivity index (χ2v) is 4.89. The lowest BCUT2D eigenvalue weighted by atomic mass is 10.0. The van der Waals surface area contributed by atoms with E-state index in [0.717, 1.165) is 10.8 Å². The molecule has 0 radical (unpaired) electrons. The van der Waals surface area contributed by atoms with Crippen LogP contribution < -0.4 is 0 Å². The molecule has 0 aliphatic heterocycles. The van der Waals surface area contributed by atoms with E-state index >= 15 is 0 Å². The lowest BCUT2D eigenvalue weighted by Gasteiger charge is -2.04. The van der Waals surface area contributed by atoms with Gasteiger partial charge in [-0.3, -0.25) is 0 Å². The minimum atomic E-state index is -1.92. The Morgan fingerprint density at radius 3 is 2.35 bits per heavy atom. The molecule has 17 heavy (non-hydrogen) atoms. The van der Waals surface area contributed by atoms with Gasteiger partial charge < -0.3 is 4.55 Å². The van der Waals surface area contributed by atoms with Crippen LogP contribution >= 0.6 is 0 Å². The van der Waals surface area contributed by atoms with Crippen LogP contribution in [-0.2, 0) is 11.1 Å². The highest BCUT2D eigenvalue weighted by molar-refractivity contribution is 7.79. The van der Waals surface area contributed by atoms with Gasteiger partial charge in [0.05, 0.1) is 4.90 Å². The van der Waals surface area contributed by atoms with Crippen molar-refractivity contribution in [2.24, 2.45) is 0 Å². The molecule has 1 atom stereocenters. The highest BCUT2D eigenvalue weighted by atomic mass is 32.2. The quantitative estimate of drug-likeness (QED) is 0.523. The average Bonchev–Trinajstić information content (AvgIpc) is 2.38. The van der Waals surface area contributed by atoms with Crippen molar-refractivity contribution in [2.45, 2.75) is 4.90 Å². The fourth-order valence-corrected chi connectivity index (χ4v) is 2.51. The summed E-state index contributed by atoms with van der Waals surface area (Å²) in [6.07, 6.45) is 0. The minimum Gasteiger partial charge on any atom is -0.302 e. The first-order chi connectivity index (χ1) is 8.25. The molecule has 0 fully saturated rings. The lowest BCUT2D eigenvalue weighted by molar-refractivity contribution is 0.564. The normalized spacial score (nSPS) is 13.0. The van der Waals surface area contributed by atoms with Crippen molar-refractivity contribution in [2.75, 3.05) is 0 Å². The van der Waals surface area contributed by atoms with Gasteiger partial charge in [0, 0.05) is 0 Å². The van der Waals surface area contributed by atoms with Crippen molar-refractivity contribution in [1.82, 2.24) is 0 Å². The van der Waals surface area contributed by atoms with E-state index in [9.17, 15) is 4.21 Å². The maximum absolute atomic E-state index is 11.0. The molecule has 3 aromatic carbocycles. The van der Waals surface area contributed by atoms with E-state index in [1.54, 1.807) is 12.1 Å². The molecule has 0 bridgehead atoms. The molecule has 3 aromatic rings. The Labute approximate surface area is 101 Å². The molecule has 3 heteroatoms. The summed E-state index contributed by atoms with van der Waals surface area (Å²) in [7, 11) is 0. The number of hydrogen-bond donors (Lipinski definition) is 1. The Balaban J connectivity index is 2.41. The fourth-order valence-electron chi connectivity index (χ4n) is 2.10. The molecule has 1 N–H and O–H groups in total. The van der Waals surface area contributed by atoms with Gasteiger partial charge in [0.15, 0.2) is 11.1 Å². The number of benzene rings is 3. The van der Waals surface area contributed by atoms with Gasteiger partial charge in [-0.25, -0.2) is 4.21 Å². The summed E-state index contributed by atoms with van der Waals surface area (Å²) in [6.45, 7) is 0. The molecule has 1 unspecified atom stereocenters. The van der Waals surface area contributed by atoms with Crippen molar-refractivity contribution >= 4 is 32.6 Å². The van der Waals surface area contributed by atoms with E-state index in [1.165, 1.54) is 10.8 Å². The summed E-state index contributed by atoms with van der Waals surface area (Å²) in [6, 6.07) is 17.5. The third-order valence-corrected chi connectivity index (χ3v) is 3.58. The summed E-state index contributed by atoms with van der Waals surface area (Å²) in [5.74, 6) is 0. The molecule has 0 spiro atoms. The largest absolute Gasteiger partial charge is 0.302 e. The molecule has 0 aliphatic carbocycles.